The molecule has 0 spiro atoms. The van der Waals surface area contributed by atoms with Gasteiger partial charge in [0.15, 0.2) is 0 Å². The Balaban J connectivity index is 1.79. The van der Waals surface area contributed by atoms with E-state index in [0.717, 1.165) is 25.7 Å². The highest BCUT2D eigenvalue weighted by Crippen LogP contribution is 2.21. The molecule has 0 aromatic heterocycles. The van der Waals surface area contributed by atoms with Gasteiger partial charge in [-0.3, -0.25) is 0 Å². The molecule has 128 valence electrons. The van der Waals surface area contributed by atoms with Crippen molar-refractivity contribution in [2.45, 2.75) is 58.0 Å². The molecular weight excluding hydrogens is 292 g/mol. The van der Waals surface area contributed by atoms with E-state index in [1.54, 1.807) is 0 Å². The second-order valence-electron chi connectivity index (χ2n) is 6.69. The summed E-state index contributed by atoms with van der Waals surface area (Å²) in [6.45, 7) is 5.65. The highest BCUT2D eigenvalue weighted by atomic mass is 16.3. The molecular formula is C23H30O. The summed E-state index contributed by atoms with van der Waals surface area (Å²) < 4.78 is 0. The van der Waals surface area contributed by atoms with Gasteiger partial charge in [0.2, 0.25) is 0 Å². The van der Waals surface area contributed by atoms with Crippen LogP contribution in [0.1, 0.15) is 50.2 Å². The molecule has 1 heteroatoms. The lowest BCUT2D eigenvalue weighted by atomic mass is 9.99. The summed E-state index contributed by atoms with van der Waals surface area (Å²) in [6, 6.07) is 17.7. The van der Waals surface area contributed by atoms with Crippen molar-refractivity contribution in [3.05, 3.63) is 72.3 Å². The van der Waals surface area contributed by atoms with Crippen LogP contribution in [0.25, 0.3) is 11.1 Å². The Labute approximate surface area is 147 Å². The molecule has 0 radical (unpaired) electrons. The summed E-state index contributed by atoms with van der Waals surface area (Å²) >= 11 is 0. The van der Waals surface area contributed by atoms with Crippen molar-refractivity contribution in [3.8, 4) is 11.1 Å². The van der Waals surface area contributed by atoms with E-state index < -0.39 is 0 Å². The molecule has 2 aromatic rings. The van der Waals surface area contributed by atoms with Crippen molar-refractivity contribution < 1.29 is 5.11 Å². The Morgan fingerprint density at radius 1 is 0.833 bits per heavy atom. The van der Waals surface area contributed by atoms with Gasteiger partial charge in [-0.15, -0.1) is 6.58 Å². The number of hydrogen-bond acceptors (Lipinski definition) is 1. The molecule has 0 heterocycles. The average molecular weight is 322 g/mol. The van der Waals surface area contributed by atoms with Gasteiger partial charge >= 0.3 is 0 Å². The van der Waals surface area contributed by atoms with Crippen LogP contribution < -0.4 is 0 Å². The first-order valence-corrected chi connectivity index (χ1v) is 9.16. The summed E-state index contributed by atoms with van der Waals surface area (Å²) in [5, 5.41) is 9.24. The predicted octanol–water partition coefficient (Wildman–Crippen LogP) is 5.96. The molecule has 1 N–H and O–H groups in total. The van der Waals surface area contributed by atoms with Crippen LogP contribution in [0.4, 0.5) is 0 Å². The second kappa shape index (κ2) is 10.1. The van der Waals surface area contributed by atoms with E-state index in [0.29, 0.717) is 0 Å². The number of aliphatic hydroxyl groups excluding tert-OH is 1. The number of allylic oxidation sites excluding steroid dienone is 1. The molecule has 2 rings (SSSR count). The number of unbranched alkanes of at least 4 members (excludes halogenated alkanes) is 3. The van der Waals surface area contributed by atoms with Gasteiger partial charge in [-0.25, -0.2) is 0 Å². The highest BCUT2D eigenvalue weighted by molar-refractivity contribution is 5.64. The highest BCUT2D eigenvalue weighted by Gasteiger charge is 2.00. The lowest BCUT2D eigenvalue weighted by Crippen LogP contribution is -1.98. The summed E-state index contributed by atoms with van der Waals surface area (Å²) in [5.41, 5.74) is 5.27. The summed E-state index contributed by atoms with van der Waals surface area (Å²) in [7, 11) is 0. The van der Waals surface area contributed by atoms with Gasteiger partial charge in [0, 0.05) is 0 Å². The van der Waals surface area contributed by atoms with Crippen LogP contribution in [0.15, 0.2) is 61.2 Å². The van der Waals surface area contributed by atoms with Crippen LogP contribution in [0, 0.1) is 0 Å². The molecule has 2 aromatic carbocycles. The monoisotopic (exact) mass is 322 g/mol. The largest absolute Gasteiger partial charge is 0.393 e. The third-order valence-corrected chi connectivity index (χ3v) is 4.46. The van der Waals surface area contributed by atoms with Crippen LogP contribution in [-0.4, -0.2) is 11.2 Å². The second-order valence-corrected chi connectivity index (χ2v) is 6.69. The third kappa shape index (κ3) is 6.33. The minimum Gasteiger partial charge on any atom is -0.393 e. The maximum atomic E-state index is 9.24. The molecule has 1 nitrogen and oxygen atoms in total. The van der Waals surface area contributed by atoms with Gasteiger partial charge in [-0.05, 0) is 54.9 Å². The van der Waals surface area contributed by atoms with Crippen LogP contribution in [0.3, 0.4) is 0 Å². The van der Waals surface area contributed by atoms with Crippen LogP contribution in [0.5, 0.6) is 0 Å². The van der Waals surface area contributed by atoms with Gasteiger partial charge in [0.25, 0.3) is 0 Å². The molecule has 0 saturated heterocycles. The van der Waals surface area contributed by atoms with E-state index in [2.05, 4.69) is 55.1 Å². The fourth-order valence-electron chi connectivity index (χ4n) is 2.99. The van der Waals surface area contributed by atoms with Gasteiger partial charge in [0.05, 0.1) is 6.10 Å². The minimum absolute atomic E-state index is 0.150. The van der Waals surface area contributed by atoms with E-state index in [4.69, 9.17) is 0 Å². The number of aryl methyl sites for hydroxylation is 1. The molecule has 0 aliphatic carbocycles. The van der Waals surface area contributed by atoms with E-state index in [1.807, 2.05) is 13.0 Å². The first-order valence-electron chi connectivity index (χ1n) is 9.16. The Morgan fingerprint density at radius 3 is 1.92 bits per heavy atom. The normalized spacial score (nSPS) is 12.1. The van der Waals surface area contributed by atoms with Gasteiger partial charge in [-0.2, -0.15) is 0 Å². The summed E-state index contributed by atoms with van der Waals surface area (Å²) in [6.07, 6.45) is 9.63. The zero-order valence-electron chi connectivity index (χ0n) is 14.9. The zero-order valence-corrected chi connectivity index (χ0v) is 14.9. The third-order valence-electron chi connectivity index (χ3n) is 4.46. The predicted molar refractivity (Wildman–Crippen MR) is 104 cm³/mol. The van der Waals surface area contributed by atoms with E-state index in [1.165, 1.54) is 41.5 Å². The Hall–Kier alpha value is -1.86. The maximum absolute atomic E-state index is 9.24. The molecule has 0 aliphatic rings. The molecule has 1 atom stereocenters. The number of rotatable bonds is 10. The first-order chi connectivity index (χ1) is 11.7. The lowest BCUT2D eigenvalue weighted by Gasteiger charge is -2.06. The Morgan fingerprint density at radius 2 is 1.38 bits per heavy atom. The zero-order chi connectivity index (χ0) is 17.2. The van der Waals surface area contributed by atoms with Crippen molar-refractivity contribution >= 4 is 0 Å². The fourth-order valence-corrected chi connectivity index (χ4v) is 2.99. The average Bonchev–Trinajstić information content (AvgIpc) is 2.59. The van der Waals surface area contributed by atoms with E-state index in [9.17, 15) is 5.11 Å². The summed E-state index contributed by atoms with van der Waals surface area (Å²) in [4.78, 5) is 0. The van der Waals surface area contributed by atoms with Crippen molar-refractivity contribution in [2.24, 2.45) is 0 Å². The van der Waals surface area contributed by atoms with E-state index in [-0.39, 0.29) is 6.10 Å². The van der Waals surface area contributed by atoms with Crippen molar-refractivity contribution in [3.63, 3.8) is 0 Å². The lowest BCUT2D eigenvalue weighted by molar-refractivity contribution is 0.180. The van der Waals surface area contributed by atoms with Gasteiger partial charge in [0.1, 0.15) is 0 Å². The maximum Gasteiger partial charge on any atom is 0.0512 e. The fraction of sp³-hybridized carbons (Fsp3) is 0.391. The standard InChI is InChI=1S/C23H30O/c1-3-8-20-11-15-22(16-12-20)23-17-13-21(14-18-23)10-7-5-4-6-9-19(2)24/h3,11-19,24H,1,4-10H2,2H3. The number of aliphatic hydroxyl groups is 1. The Kier molecular flexibility index (Phi) is 7.77. The van der Waals surface area contributed by atoms with E-state index >= 15 is 0 Å². The molecule has 1 unspecified atom stereocenters. The van der Waals surface area contributed by atoms with Crippen LogP contribution in [-0.2, 0) is 12.8 Å². The molecule has 0 saturated carbocycles. The van der Waals surface area contributed by atoms with Crippen molar-refractivity contribution in [1.82, 2.24) is 0 Å². The Bertz CT molecular complexity index is 593. The minimum atomic E-state index is -0.150. The van der Waals surface area contributed by atoms with Crippen molar-refractivity contribution in [1.29, 1.82) is 0 Å². The number of hydrogen-bond donors (Lipinski definition) is 1. The van der Waals surface area contributed by atoms with Crippen molar-refractivity contribution in [2.75, 3.05) is 0 Å². The van der Waals surface area contributed by atoms with Gasteiger partial charge in [-0.1, -0.05) is 73.9 Å². The molecule has 0 amide bonds. The molecule has 0 aliphatic heterocycles. The van der Waals surface area contributed by atoms with Crippen LogP contribution in [0.2, 0.25) is 0 Å². The summed E-state index contributed by atoms with van der Waals surface area (Å²) in [5.74, 6) is 0. The molecule has 0 bridgehead atoms. The topological polar surface area (TPSA) is 20.2 Å². The quantitative estimate of drug-likeness (QED) is 0.423. The van der Waals surface area contributed by atoms with Crippen LogP contribution >= 0.6 is 0 Å². The SMILES string of the molecule is C=CCc1ccc(-c2ccc(CCCCCCC(C)O)cc2)cc1. The molecule has 24 heavy (non-hydrogen) atoms. The number of benzene rings is 2. The molecule has 0 fully saturated rings. The smallest absolute Gasteiger partial charge is 0.0512 e. The van der Waals surface area contributed by atoms with Gasteiger partial charge < -0.3 is 5.11 Å². The first kappa shape index (κ1) is 18.5.